The van der Waals surface area contributed by atoms with E-state index < -0.39 is 5.97 Å². The zero-order valence-electron chi connectivity index (χ0n) is 17.6. The quantitative estimate of drug-likeness (QED) is 0.342. The Bertz CT molecular complexity index is 710. The third kappa shape index (κ3) is 5.55. The van der Waals surface area contributed by atoms with Crippen molar-refractivity contribution >= 4 is 46.0 Å². The lowest BCUT2D eigenvalue weighted by atomic mass is 9.99. The van der Waals surface area contributed by atoms with E-state index in [2.05, 4.69) is 4.90 Å². The fraction of sp³-hybridized carbons (Fsp3) is 0.714. The van der Waals surface area contributed by atoms with Crippen molar-refractivity contribution in [3.8, 4) is 0 Å². The number of ketones is 1. The number of Topliss-reactive ketones (excluding diaryl/α,β-unsaturated/α-hetero) is 1. The Hall–Kier alpha value is -1.61. The number of likely N-dealkylation sites (tertiary alicyclic amines) is 1. The van der Waals surface area contributed by atoms with E-state index in [1.54, 1.807) is 13.8 Å². The van der Waals surface area contributed by atoms with Crippen molar-refractivity contribution in [3.63, 3.8) is 0 Å². The molecule has 1 unspecified atom stereocenters. The molecule has 166 valence electrons. The van der Waals surface area contributed by atoms with Crippen LogP contribution in [0, 0.1) is 5.92 Å². The van der Waals surface area contributed by atoms with E-state index >= 15 is 0 Å². The predicted molar refractivity (Wildman–Crippen MR) is 119 cm³/mol. The summed E-state index contributed by atoms with van der Waals surface area (Å²) in [6.45, 7) is 5.48. The van der Waals surface area contributed by atoms with Gasteiger partial charge in [-0.1, -0.05) is 24.0 Å². The molecular weight excluding hydrogens is 424 g/mol. The Labute approximate surface area is 187 Å². The Morgan fingerprint density at radius 2 is 1.80 bits per heavy atom. The maximum absolute atomic E-state index is 12.6. The standard InChI is InChI=1S/C21H30N2O5S2/c1-3-27-19(25)14-6-5-9-22(12-14)21(29)30-18(20(26)28-4-2)13-23-15-7-8-16(23)11-17(24)10-15/h13-16H,3-12H2,1-2H3/b18-13+/t14?,15-,16+. The highest BCUT2D eigenvalue weighted by Gasteiger charge is 2.39. The van der Waals surface area contributed by atoms with Crippen LogP contribution < -0.4 is 0 Å². The number of carbonyl (C=O) groups is 3. The lowest BCUT2D eigenvalue weighted by molar-refractivity contribution is -0.149. The van der Waals surface area contributed by atoms with Crippen LogP contribution >= 0.6 is 24.0 Å². The molecule has 0 aliphatic carbocycles. The van der Waals surface area contributed by atoms with Gasteiger partial charge in [-0.15, -0.1) is 0 Å². The van der Waals surface area contributed by atoms with E-state index in [0.29, 0.717) is 41.0 Å². The van der Waals surface area contributed by atoms with Gasteiger partial charge in [0.25, 0.3) is 0 Å². The summed E-state index contributed by atoms with van der Waals surface area (Å²) in [5.74, 6) is -0.492. The highest BCUT2D eigenvalue weighted by molar-refractivity contribution is 8.25. The lowest BCUT2D eigenvalue weighted by Gasteiger charge is -2.34. The van der Waals surface area contributed by atoms with Crippen LogP contribution in [-0.4, -0.2) is 70.2 Å². The highest BCUT2D eigenvalue weighted by atomic mass is 32.2. The van der Waals surface area contributed by atoms with E-state index in [1.807, 2.05) is 11.1 Å². The van der Waals surface area contributed by atoms with Crippen molar-refractivity contribution in [3.05, 3.63) is 11.1 Å². The van der Waals surface area contributed by atoms with E-state index in [-0.39, 0.29) is 30.6 Å². The van der Waals surface area contributed by atoms with Crippen LogP contribution in [0.5, 0.6) is 0 Å². The third-order valence-electron chi connectivity index (χ3n) is 5.84. The lowest BCUT2D eigenvalue weighted by Crippen LogP contribution is -2.41. The van der Waals surface area contributed by atoms with Gasteiger partial charge in [0.1, 0.15) is 15.0 Å². The topological polar surface area (TPSA) is 76.2 Å². The van der Waals surface area contributed by atoms with Crippen LogP contribution in [0.15, 0.2) is 11.1 Å². The summed E-state index contributed by atoms with van der Waals surface area (Å²) in [5, 5.41) is 0. The van der Waals surface area contributed by atoms with Crippen molar-refractivity contribution in [1.29, 1.82) is 0 Å². The molecule has 3 aliphatic heterocycles. The van der Waals surface area contributed by atoms with Crippen LogP contribution in [0.1, 0.15) is 52.4 Å². The van der Waals surface area contributed by atoms with Gasteiger partial charge in [0.2, 0.25) is 0 Å². The van der Waals surface area contributed by atoms with E-state index in [1.165, 1.54) is 11.8 Å². The first-order valence-corrected chi connectivity index (χ1v) is 12.0. The number of piperidine rings is 2. The second kappa shape index (κ2) is 10.6. The van der Waals surface area contributed by atoms with Gasteiger partial charge in [0.15, 0.2) is 0 Å². The largest absolute Gasteiger partial charge is 0.466 e. The summed E-state index contributed by atoms with van der Waals surface area (Å²) in [6, 6.07) is 0.302. The van der Waals surface area contributed by atoms with Gasteiger partial charge < -0.3 is 19.3 Å². The fourth-order valence-corrected chi connectivity index (χ4v) is 5.66. The average molecular weight is 455 g/mol. The second-order valence-corrected chi connectivity index (χ2v) is 9.57. The third-order valence-corrected chi connectivity index (χ3v) is 7.28. The van der Waals surface area contributed by atoms with Crippen molar-refractivity contribution in [2.24, 2.45) is 5.92 Å². The molecular formula is C21H30N2O5S2. The van der Waals surface area contributed by atoms with Crippen LogP contribution in [0.25, 0.3) is 0 Å². The molecule has 0 aromatic carbocycles. The molecule has 0 spiro atoms. The van der Waals surface area contributed by atoms with Gasteiger partial charge in [0.05, 0.1) is 19.1 Å². The molecule has 9 heteroatoms. The monoisotopic (exact) mass is 454 g/mol. The number of carbonyl (C=O) groups excluding carboxylic acids is 3. The van der Waals surface area contributed by atoms with Crippen LogP contribution in [0.4, 0.5) is 0 Å². The van der Waals surface area contributed by atoms with Gasteiger partial charge >= 0.3 is 11.9 Å². The summed E-state index contributed by atoms with van der Waals surface area (Å²) in [4.78, 5) is 41.2. The molecule has 0 amide bonds. The maximum Gasteiger partial charge on any atom is 0.346 e. The number of nitrogens with zero attached hydrogens (tertiary/aromatic N) is 2. The van der Waals surface area contributed by atoms with Gasteiger partial charge in [-0.3, -0.25) is 9.59 Å². The number of esters is 2. The minimum atomic E-state index is -0.403. The number of thioether (sulfide) groups is 1. The van der Waals surface area contributed by atoms with Crippen molar-refractivity contribution in [2.75, 3.05) is 26.3 Å². The Kier molecular flexibility index (Phi) is 8.16. The van der Waals surface area contributed by atoms with Gasteiger partial charge in [0, 0.05) is 44.2 Å². The van der Waals surface area contributed by atoms with E-state index in [4.69, 9.17) is 21.7 Å². The number of thiocarbonyl (C=S) groups is 1. The molecule has 3 aliphatic rings. The fourth-order valence-electron chi connectivity index (χ4n) is 4.43. The Balaban J connectivity index is 1.70. The van der Waals surface area contributed by atoms with Gasteiger partial charge in [-0.05, 0) is 39.5 Å². The van der Waals surface area contributed by atoms with Crippen molar-refractivity contribution in [1.82, 2.24) is 9.80 Å². The number of fused-ring (bicyclic) bond motifs is 2. The summed E-state index contributed by atoms with van der Waals surface area (Å²) in [5.41, 5.74) is 0. The van der Waals surface area contributed by atoms with E-state index in [9.17, 15) is 14.4 Å². The second-order valence-electron chi connectivity index (χ2n) is 7.90. The highest BCUT2D eigenvalue weighted by Crippen LogP contribution is 2.36. The van der Waals surface area contributed by atoms with E-state index in [0.717, 1.165) is 32.2 Å². The minimum absolute atomic E-state index is 0.151. The molecule has 3 saturated heterocycles. The van der Waals surface area contributed by atoms with Crippen LogP contribution in [0.2, 0.25) is 0 Å². The molecule has 3 rings (SSSR count). The zero-order chi connectivity index (χ0) is 21.7. The number of ether oxygens (including phenoxy) is 2. The first-order chi connectivity index (χ1) is 14.4. The Morgan fingerprint density at radius 3 is 2.43 bits per heavy atom. The first-order valence-electron chi connectivity index (χ1n) is 10.7. The predicted octanol–water partition coefficient (Wildman–Crippen LogP) is 2.88. The Morgan fingerprint density at radius 1 is 1.13 bits per heavy atom. The molecule has 0 aromatic rings. The SMILES string of the molecule is CCOC(=O)/C(=C\N1[C@@H]2CC[C@H]1CC(=O)C2)SC(=S)N1CCCC(C(=O)OCC)C1. The summed E-state index contributed by atoms with van der Waals surface area (Å²) >= 11 is 6.85. The molecule has 30 heavy (non-hydrogen) atoms. The molecule has 2 bridgehead atoms. The molecule has 3 atom stereocenters. The first kappa shape index (κ1) is 23.1. The van der Waals surface area contributed by atoms with Gasteiger partial charge in [-0.25, -0.2) is 4.79 Å². The molecule has 3 fully saturated rings. The average Bonchev–Trinajstić information content (AvgIpc) is 2.96. The molecule has 0 aromatic heterocycles. The number of hydrogen-bond donors (Lipinski definition) is 0. The van der Waals surface area contributed by atoms with Crippen LogP contribution in [-0.2, 0) is 23.9 Å². The smallest absolute Gasteiger partial charge is 0.346 e. The summed E-state index contributed by atoms with van der Waals surface area (Å²) < 4.78 is 11.0. The van der Waals surface area contributed by atoms with Crippen molar-refractivity contribution in [2.45, 2.75) is 64.5 Å². The normalized spacial score (nSPS) is 26.5. The molecule has 7 nitrogen and oxygen atoms in total. The van der Waals surface area contributed by atoms with Gasteiger partial charge in [-0.2, -0.15) is 0 Å². The number of rotatable bonds is 6. The summed E-state index contributed by atoms with van der Waals surface area (Å²) in [6.07, 6.45) is 6.47. The number of hydrogen-bond acceptors (Lipinski definition) is 8. The minimum Gasteiger partial charge on any atom is -0.466 e. The van der Waals surface area contributed by atoms with Crippen molar-refractivity contribution < 1.29 is 23.9 Å². The molecule has 3 heterocycles. The molecule has 0 N–H and O–H groups in total. The maximum atomic E-state index is 12.6. The zero-order valence-corrected chi connectivity index (χ0v) is 19.3. The van der Waals surface area contributed by atoms with Crippen LogP contribution in [0.3, 0.4) is 0 Å². The molecule has 0 saturated carbocycles. The molecule has 0 radical (unpaired) electrons. The summed E-state index contributed by atoms with van der Waals surface area (Å²) in [7, 11) is 0.